The Morgan fingerprint density at radius 2 is 2.42 bits per heavy atom. The minimum atomic E-state index is -1.08. The van der Waals surface area contributed by atoms with Gasteiger partial charge in [-0.2, -0.15) is 0 Å². The molecular formula is C8H7NO3. The van der Waals surface area contributed by atoms with Crippen LogP contribution in [0.5, 0.6) is 0 Å². The maximum absolute atomic E-state index is 11.0. The number of carbonyl (C=O) groups is 2. The molecule has 1 unspecified atom stereocenters. The second kappa shape index (κ2) is 3.61. The molecule has 4 heteroatoms. The van der Waals surface area contributed by atoms with Gasteiger partial charge in [-0.3, -0.25) is 9.79 Å². The van der Waals surface area contributed by atoms with Crippen molar-refractivity contribution < 1.29 is 14.7 Å². The van der Waals surface area contributed by atoms with Gasteiger partial charge < -0.3 is 5.11 Å². The smallest absolute Gasteiger partial charge is 0.328 e. The first kappa shape index (κ1) is 8.39. The average Bonchev–Trinajstić information content (AvgIpc) is 2.03. The van der Waals surface area contributed by atoms with E-state index in [2.05, 4.69) is 4.99 Å². The van der Waals surface area contributed by atoms with E-state index in [9.17, 15) is 9.59 Å². The van der Waals surface area contributed by atoms with E-state index in [1.165, 1.54) is 24.4 Å². The Morgan fingerprint density at radius 3 is 3.00 bits per heavy atom. The van der Waals surface area contributed by atoms with Gasteiger partial charge in [-0.05, 0) is 18.2 Å². The zero-order valence-corrected chi connectivity index (χ0v) is 6.18. The molecule has 1 aliphatic heterocycles. The topological polar surface area (TPSA) is 66.7 Å². The molecule has 0 bridgehead atoms. The van der Waals surface area contributed by atoms with Crippen molar-refractivity contribution in [2.45, 2.75) is 6.04 Å². The maximum atomic E-state index is 11.0. The van der Waals surface area contributed by atoms with E-state index < -0.39 is 12.0 Å². The quantitative estimate of drug-likeness (QED) is 0.594. The van der Waals surface area contributed by atoms with Crippen LogP contribution in [0.25, 0.3) is 0 Å². The van der Waals surface area contributed by atoms with Gasteiger partial charge >= 0.3 is 5.97 Å². The lowest BCUT2D eigenvalue weighted by Crippen LogP contribution is -2.16. The fourth-order valence-electron chi connectivity index (χ4n) is 0.770. The molecule has 0 aromatic rings. The van der Waals surface area contributed by atoms with Crippen molar-refractivity contribution in [1.82, 2.24) is 0 Å². The molecule has 1 heterocycles. The van der Waals surface area contributed by atoms with Gasteiger partial charge in [-0.15, -0.1) is 0 Å². The third-order valence-electron chi connectivity index (χ3n) is 1.31. The number of nitrogens with zero attached hydrogens (tertiary/aromatic N) is 1. The Bertz CT molecular complexity index is 289. The van der Waals surface area contributed by atoms with Crippen molar-refractivity contribution >= 4 is 18.0 Å². The van der Waals surface area contributed by atoms with Crippen LogP contribution in [0.1, 0.15) is 0 Å². The van der Waals surface area contributed by atoms with Crippen molar-refractivity contribution in [3.05, 3.63) is 24.3 Å². The predicted octanol–water partition coefficient (Wildman–Crippen LogP) is 0.206. The van der Waals surface area contributed by atoms with E-state index in [4.69, 9.17) is 5.11 Å². The van der Waals surface area contributed by atoms with E-state index in [0.717, 1.165) is 6.08 Å². The summed E-state index contributed by atoms with van der Waals surface area (Å²) in [5.41, 5.74) is 0. The summed E-state index contributed by atoms with van der Waals surface area (Å²) < 4.78 is 0. The van der Waals surface area contributed by atoms with Crippen LogP contribution >= 0.6 is 0 Å². The van der Waals surface area contributed by atoms with Gasteiger partial charge in [0.1, 0.15) is 6.04 Å². The minimum Gasteiger partial charge on any atom is -0.478 e. The summed E-state index contributed by atoms with van der Waals surface area (Å²) in [7, 11) is 0. The Labute approximate surface area is 68.9 Å². The fourth-order valence-corrected chi connectivity index (χ4v) is 0.770. The zero-order valence-electron chi connectivity index (χ0n) is 6.18. The lowest BCUT2D eigenvalue weighted by Gasteiger charge is -2.04. The molecule has 0 radical (unpaired) electrons. The number of allylic oxidation sites excluding steroid dienone is 1. The van der Waals surface area contributed by atoms with E-state index in [-0.39, 0.29) is 5.78 Å². The normalized spacial score (nSPS) is 22.0. The summed E-state index contributed by atoms with van der Waals surface area (Å²) in [6.45, 7) is 0. The van der Waals surface area contributed by atoms with Crippen molar-refractivity contribution in [3.8, 4) is 0 Å². The molecule has 12 heavy (non-hydrogen) atoms. The van der Waals surface area contributed by atoms with Crippen molar-refractivity contribution in [2.24, 2.45) is 4.99 Å². The summed E-state index contributed by atoms with van der Waals surface area (Å²) >= 11 is 0. The predicted molar refractivity (Wildman–Crippen MR) is 43.2 cm³/mol. The number of rotatable bonds is 2. The molecule has 0 saturated heterocycles. The highest BCUT2D eigenvalue weighted by atomic mass is 16.4. The molecule has 0 aliphatic carbocycles. The number of hydrogen-bond donors (Lipinski definition) is 1. The first-order chi connectivity index (χ1) is 5.70. The highest BCUT2D eigenvalue weighted by Gasteiger charge is 2.11. The first-order valence-electron chi connectivity index (χ1n) is 3.35. The Morgan fingerprint density at radius 1 is 1.67 bits per heavy atom. The standard InChI is InChI=1S/C8H7NO3/c10-7-2-1-5-9-6(7)3-4-8(11)12/h1-6H,(H,11,12). The Balaban J connectivity index is 2.65. The van der Waals surface area contributed by atoms with Crippen molar-refractivity contribution in [2.75, 3.05) is 0 Å². The summed E-state index contributed by atoms with van der Waals surface area (Å²) in [4.78, 5) is 24.8. The van der Waals surface area contributed by atoms with Crippen LogP contribution in [0.3, 0.4) is 0 Å². The van der Waals surface area contributed by atoms with Crippen LogP contribution in [-0.4, -0.2) is 29.1 Å². The summed E-state index contributed by atoms with van der Waals surface area (Å²) in [6.07, 6.45) is 6.53. The number of hydrogen-bond acceptors (Lipinski definition) is 3. The summed E-state index contributed by atoms with van der Waals surface area (Å²) in [6, 6.07) is -0.661. The van der Waals surface area contributed by atoms with E-state index in [1.807, 2.05) is 0 Å². The van der Waals surface area contributed by atoms with Crippen LogP contribution in [0.2, 0.25) is 0 Å². The number of aliphatic imine (C=N–C) groups is 1. The number of carbonyl (C=O) groups excluding carboxylic acids is 1. The van der Waals surface area contributed by atoms with Crippen LogP contribution < -0.4 is 0 Å². The molecule has 1 rings (SSSR count). The van der Waals surface area contributed by atoms with E-state index >= 15 is 0 Å². The molecule has 4 nitrogen and oxygen atoms in total. The Hall–Kier alpha value is -1.71. The molecular weight excluding hydrogens is 158 g/mol. The third kappa shape index (κ3) is 2.16. The van der Waals surface area contributed by atoms with Gasteiger partial charge in [0, 0.05) is 12.3 Å². The SMILES string of the molecule is O=C(O)C=CC1N=CC=CC1=O. The van der Waals surface area contributed by atoms with E-state index in [0.29, 0.717) is 0 Å². The van der Waals surface area contributed by atoms with Crippen molar-refractivity contribution in [1.29, 1.82) is 0 Å². The third-order valence-corrected chi connectivity index (χ3v) is 1.31. The lowest BCUT2D eigenvalue weighted by molar-refractivity contribution is -0.131. The molecule has 0 amide bonds. The summed E-state index contributed by atoms with van der Waals surface area (Å²) in [5.74, 6) is -1.28. The van der Waals surface area contributed by atoms with Gasteiger partial charge in [0.15, 0.2) is 5.78 Å². The molecule has 1 aliphatic rings. The molecule has 0 saturated carbocycles. The molecule has 1 N–H and O–H groups in total. The first-order valence-corrected chi connectivity index (χ1v) is 3.35. The molecule has 62 valence electrons. The number of aliphatic carboxylic acids is 1. The number of carboxylic acid groups (broad SMARTS) is 1. The van der Waals surface area contributed by atoms with Crippen LogP contribution in [0, 0.1) is 0 Å². The monoisotopic (exact) mass is 165 g/mol. The summed E-state index contributed by atoms with van der Waals surface area (Å²) in [5, 5.41) is 8.26. The fraction of sp³-hybridized carbons (Fsp3) is 0.125. The minimum absolute atomic E-state index is 0.199. The van der Waals surface area contributed by atoms with Gasteiger partial charge in [-0.25, -0.2) is 4.79 Å². The van der Waals surface area contributed by atoms with Gasteiger partial charge in [0.05, 0.1) is 0 Å². The van der Waals surface area contributed by atoms with E-state index in [1.54, 1.807) is 0 Å². The van der Waals surface area contributed by atoms with Gasteiger partial charge in [0.25, 0.3) is 0 Å². The maximum Gasteiger partial charge on any atom is 0.328 e. The second-order valence-corrected chi connectivity index (χ2v) is 2.20. The zero-order chi connectivity index (χ0) is 8.97. The lowest BCUT2D eigenvalue weighted by atomic mass is 10.1. The molecule has 1 atom stereocenters. The molecule has 0 aromatic carbocycles. The highest BCUT2D eigenvalue weighted by molar-refractivity contribution is 6.02. The second-order valence-electron chi connectivity index (χ2n) is 2.20. The highest BCUT2D eigenvalue weighted by Crippen LogP contribution is 2.00. The number of carboxylic acids is 1. The number of ketones is 1. The van der Waals surface area contributed by atoms with Crippen LogP contribution in [0.15, 0.2) is 29.3 Å². The van der Waals surface area contributed by atoms with Crippen LogP contribution in [-0.2, 0) is 9.59 Å². The number of dihydropyridines is 1. The molecule has 0 spiro atoms. The van der Waals surface area contributed by atoms with Crippen LogP contribution in [0.4, 0.5) is 0 Å². The Kier molecular flexibility index (Phi) is 2.53. The molecule has 0 fully saturated rings. The van der Waals surface area contributed by atoms with Crippen molar-refractivity contribution in [3.63, 3.8) is 0 Å². The average molecular weight is 165 g/mol. The molecule has 0 aromatic heterocycles. The van der Waals surface area contributed by atoms with Gasteiger partial charge in [0.2, 0.25) is 0 Å². The largest absolute Gasteiger partial charge is 0.478 e. The van der Waals surface area contributed by atoms with Gasteiger partial charge in [-0.1, -0.05) is 0 Å².